The highest BCUT2D eigenvalue weighted by Gasteiger charge is 2.39. The minimum Gasteiger partial charge on any atom is -0.332 e. The number of hydrogen-bond donors (Lipinski definition) is 3. The fourth-order valence-corrected chi connectivity index (χ4v) is 4.43. The zero-order valence-corrected chi connectivity index (χ0v) is 17.4. The van der Waals surface area contributed by atoms with Gasteiger partial charge in [0.1, 0.15) is 12.0 Å². The second-order valence-electron chi connectivity index (χ2n) is 8.06. The standard InChI is InChI=1S/C22H24ClFN6/c1-12(13-4-7-16(24)8-5-13)29-19-10-15(23)6-9-17(19)21(25)30(22(29)26)20-11-18(27-28-20)14-2-3-14/h4-12,14,21-22H,2-3,25-26H2,1H3,(H,27,28)/t12-,21?,22?/m0/s1. The lowest BCUT2D eigenvalue weighted by Crippen LogP contribution is -2.61. The lowest BCUT2D eigenvalue weighted by Gasteiger charge is -2.49. The van der Waals surface area contributed by atoms with Crippen LogP contribution in [0.4, 0.5) is 15.9 Å². The lowest BCUT2D eigenvalue weighted by atomic mass is 10.00. The molecule has 6 nitrogen and oxygen atoms in total. The number of nitrogens with one attached hydrogen (secondary N) is 1. The third-order valence-corrected chi connectivity index (χ3v) is 6.33. The lowest BCUT2D eigenvalue weighted by molar-refractivity contribution is 0.445. The number of anilines is 2. The summed E-state index contributed by atoms with van der Waals surface area (Å²) in [5, 5.41) is 8.25. The summed E-state index contributed by atoms with van der Waals surface area (Å²) in [6, 6.07) is 14.0. The first-order valence-electron chi connectivity index (χ1n) is 10.1. The molecule has 1 aliphatic carbocycles. The zero-order chi connectivity index (χ0) is 21.0. The number of rotatable bonds is 4. The molecule has 1 aliphatic heterocycles. The van der Waals surface area contributed by atoms with Crippen molar-refractivity contribution in [3.05, 3.63) is 76.2 Å². The van der Waals surface area contributed by atoms with Gasteiger partial charge in [-0.05, 0) is 49.6 Å². The van der Waals surface area contributed by atoms with Gasteiger partial charge in [-0.2, -0.15) is 5.10 Å². The van der Waals surface area contributed by atoms with Crippen molar-refractivity contribution in [2.75, 3.05) is 9.80 Å². The summed E-state index contributed by atoms with van der Waals surface area (Å²) in [5.74, 6) is 0.989. The van der Waals surface area contributed by atoms with Crippen LogP contribution in [0.1, 0.15) is 54.7 Å². The molecule has 0 saturated heterocycles. The van der Waals surface area contributed by atoms with Crippen LogP contribution >= 0.6 is 11.6 Å². The average molecular weight is 427 g/mol. The first-order valence-corrected chi connectivity index (χ1v) is 10.5. The first-order chi connectivity index (χ1) is 14.4. The number of nitrogens with zero attached hydrogens (tertiary/aromatic N) is 3. The molecule has 1 saturated carbocycles. The molecule has 0 amide bonds. The van der Waals surface area contributed by atoms with Crippen LogP contribution in [0.3, 0.4) is 0 Å². The van der Waals surface area contributed by atoms with Gasteiger partial charge in [-0.3, -0.25) is 10.8 Å². The van der Waals surface area contributed by atoms with E-state index in [0.29, 0.717) is 16.8 Å². The van der Waals surface area contributed by atoms with E-state index in [1.165, 1.54) is 25.0 Å². The van der Waals surface area contributed by atoms with E-state index >= 15 is 0 Å². The Bertz CT molecular complexity index is 1060. The summed E-state index contributed by atoms with van der Waals surface area (Å²) in [5.41, 5.74) is 17.3. The Hall–Kier alpha value is -2.61. The molecule has 5 N–H and O–H groups in total. The van der Waals surface area contributed by atoms with E-state index < -0.39 is 12.5 Å². The molecule has 2 heterocycles. The number of nitrogens with two attached hydrogens (primary N) is 2. The maximum absolute atomic E-state index is 13.5. The van der Waals surface area contributed by atoms with Gasteiger partial charge >= 0.3 is 0 Å². The summed E-state index contributed by atoms with van der Waals surface area (Å²) in [6.07, 6.45) is 1.30. The van der Waals surface area contributed by atoms with E-state index in [0.717, 1.165) is 22.5 Å². The predicted molar refractivity (Wildman–Crippen MR) is 117 cm³/mol. The molecule has 8 heteroatoms. The molecule has 3 atom stereocenters. The Kier molecular flexibility index (Phi) is 4.69. The maximum Gasteiger partial charge on any atom is 0.158 e. The van der Waals surface area contributed by atoms with Crippen molar-refractivity contribution in [3.63, 3.8) is 0 Å². The highest BCUT2D eigenvalue weighted by molar-refractivity contribution is 6.30. The van der Waals surface area contributed by atoms with Crippen LogP contribution < -0.4 is 21.3 Å². The SMILES string of the molecule is C[C@@H](c1ccc(F)cc1)N1c2cc(Cl)ccc2C(N)N(c2cc(C3CC3)[nH]n2)C1N. The normalized spacial score (nSPS) is 22.2. The molecule has 0 bridgehead atoms. The van der Waals surface area contributed by atoms with E-state index in [-0.39, 0.29) is 11.9 Å². The van der Waals surface area contributed by atoms with Crippen molar-refractivity contribution in [3.8, 4) is 0 Å². The van der Waals surface area contributed by atoms with Gasteiger partial charge in [0.05, 0.1) is 6.04 Å². The molecule has 3 aromatic rings. The van der Waals surface area contributed by atoms with Crippen LogP contribution in [0.25, 0.3) is 0 Å². The maximum atomic E-state index is 13.5. The van der Waals surface area contributed by atoms with Crippen molar-refractivity contribution in [1.29, 1.82) is 0 Å². The highest BCUT2D eigenvalue weighted by Crippen LogP contribution is 2.44. The monoisotopic (exact) mass is 426 g/mol. The minimum absolute atomic E-state index is 0.144. The van der Waals surface area contributed by atoms with E-state index in [1.54, 1.807) is 12.1 Å². The Morgan fingerprint density at radius 3 is 2.57 bits per heavy atom. The zero-order valence-electron chi connectivity index (χ0n) is 16.6. The Labute approximate surface area is 179 Å². The third kappa shape index (κ3) is 3.23. The molecule has 2 aliphatic rings. The van der Waals surface area contributed by atoms with Gasteiger partial charge in [-0.15, -0.1) is 0 Å². The largest absolute Gasteiger partial charge is 0.332 e. The van der Waals surface area contributed by atoms with Crippen LogP contribution in [-0.2, 0) is 0 Å². The van der Waals surface area contributed by atoms with E-state index in [1.807, 2.05) is 36.1 Å². The van der Waals surface area contributed by atoms with Crippen LogP contribution in [-0.4, -0.2) is 16.5 Å². The van der Waals surface area contributed by atoms with Gasteiger partial charge < -0.3 is 15.5 Å². The van der Waals surface area contributed by atoms with Crippen molar-refractivity contribution in [2.45, 2.75) is 44.2 Å². The van der Waals surface area contributed by atoms with E-state index in [4.69, 9.17) is 23.1 Å². The highest BCUT2D eigenvalue weighted by atomic mass is 35.5. The summed E-state index contributed by atoms with van der Waals surface area (Å²) >= 11 is 6.32. The number of aromatic amines is 1. The number of halogens is 2. The summed E-state index contributed by atoms with van der Waals surface area (Å²) in [4.78, 5) is 3.97. The summed E-state index contributed by atoms with van der Waals surface area (Å²) in [7, 11) is 0. The van der Waals surface area contributed by atoms with E-state index in [2.05, 4.69) is 15.1 Å². The number of fused-ring (bicyclic) bond motifs is 1. The van der Waals surface area contributed by atoms with Crippen molar-refractivity contribution in [2.24, 2.45) is 11.5 Å². The third-order valence-electron chi connectivity index (χ3n) is 6.09. The fraction of sp³-hybridized carbons (Fsp3) is 0.318. The number of hydrogen-bond acceptors (Lipinski definition) is 5. The molecule has 0 radical (unpaired) electrons. The van der Waals surface area contributed by atoms with Gasteiger partial charge in [0.2, 0.25) is 0 Å². The van der Waals surface area contributed by atoms with Crippen molar-refractivity contribution >= 4 is 23.1 Å². The molecule has 2 unspecified atom stereocenters. The molecule has 1 aromatic heterocycles. The minimum atomic E-state index is -0.582. The molecule has 30 heavy (non-hydrogen) atoms. The van der Waals surface area contributed by atoms with Gasteiger partial charge in [0, 0.05) is 34.0 Å². The number of benzene rings is 2. The topological polar surface area (TPSA) is 87.2 Å². The van der Waals surface area contributed by atoms with Gasteiger partial charge in [0.15, 0.2) is 12.1 Å². The van der Waals surface area contributed by atoms with Gasteiger partial charge in [-0.25, -0.2) is 4.39 Å². The van der Waals surface area contributed by atoms with Gasteiger partial charge in [-0.1, -0.05) is 29.8 Å². The molecule has 5 rings (SSSR count). The molecule has 0 spiro atoms. The Morgan fingerprint density at radius 2 is 1.87 bits per heavy atom. The van der Waals surface area contributed by atoms with Gasteiger partial charge in [0.25, 0.3) is 0 Å². The smallest absolute Gasteiger partial charge is 0.158 e. The fourth-order valence-electron chi connectivity index (χ4n) is 4.26. The van der Waals surface area contributed by atoms with Crippen LogP contribution in [0, 0.1) is 5.82 Å². The van der Waals surface area contributed by atoms with Crippen molar-refractivity contribution < 1.29 is 4.39 Å². The molecule has 1 fully saturated rings. The van der Waals surface area contributed by atoms with Crippen LogP contribution in [0.5, 0.6) is 0 Å². The second kappa shape index (κ2) is 7.27. The average Bonchev–Trinajstić information content (AvgIpc) is 3.46. The number of aromatic nitrogens is 2. The van der Waals surface area contributed by atoms with Crippen molar-refractivity contribution in [1.82, 2.24) is 10.2 Å². The van der Waals surface area contributed by atoms with Crippen LogP contribution in [0.2, 0.25) is 5.02 Å². The second-order valence-corrected chi connectivity index (χ2v) is 8.50. The Morgan fingerprint density at radius 1 is 1.13 bits per heavy atom. The summed E-state index contributed by atoms with van der Waals surface area (Å²) in [6.45, 7) is 2.03. The predicted octanol–water partition coefficient (Wildman–Crippen LogP) is 4.37. The molecule has 156 valence electrons. The molecular formula is C22H24ClFN6. The van der Waals surface area contributed by atoms with E-state index in [9.17, 15) is 4.39 Å². The Balaban J connectivity index is 1.59. The summed E-state index contributed by atoms with van der Waals surface area (Å²) < 4.78 is 13.5. The quantitative estimate of drug-likeness (QED) is 0.576. The molecular weight excluding hydrogens is 403 g/mol. The first kappa shape index (κ1) is 19.4. The number of H-pyrrole nitrogens is 1. The van der Waals surface area contributed by atoms with Crippen LogP contribution in [0.15, 0.2) is 48.5 Å². The molecule has 2 aromatic carbocycles.